The Morgan fingerprint density at radius 3 is 2.68 bits per heavy atom. The van der Waals surface area contributed by atoms with E-state index in [2.05, 4.69) is 29.2 Å². The average molecular weight is 301 g/mol. The summed E-state index contributed by atoms with van der Waals surface area (Å²) in [6.07, 6.45) is 9.70. The van der Waals surface area contributed by atoms with Crippen molar-refractivity contribution in [2.45, 2.75) is 25.7 Å². The molecule has 120 valence electrons. The molecule has 0 bridgehead atoms. The Morgan fingerprint density at radius 1 is 1.18 bits per heavy atom. The number of hydrogen-bond acceptors (Lipinski definition) is 3. The van der Waals surface area contributed by atoms with Gasteiger partial charge < -0.3 is 9.47 Å². The van der Waals surface area contributed by atoms with Crippen molar-refractivity contribution in [2.75, 3.05) is 40.0 Å². The van der Waals surface area contributed by atoms with Crippen molar-refractivity contribution in [3.05, 3.63) is 35.9 Å². The summed E-state index contributed by atoms with van der Waals surface area (Å²) in [5.74, 6) is 0.912. The van der Waals surface area contributed by atoms with Gasteiger partial charge in [-0.1, -0.05) is 24.3 Å². The Bertz CT molecular complexity index is 483. The maximum Gasteiger partial charge on any atom is 0.118 e. The highest BCUT2D eigenvalue weighted by Gasteiger charge is 2.36. The van der Waals surface area contributed by atoms with Crippen LogP contribution in [0.3, 0.4) is 0 Å². The molecule has 0 N–H and O–H groups in total. The summed E-state index contributed by atoms with van der Waals surface area (Å²) in [5.41, 5.74) is 1.77. The zero-order chi connectivity index (χ0) is 15.3. The second-order valence-electron chi connectivity index (χ2n) is 6.63. The van der Waals surface area contributed by atoms with Crippen molar-refractivity contribution < 1.29 is 9.47 Å². The number of hydrogen-bond donors (Lipinski definition) is 0. The van der Waals surface area contributed by atoms with Crippen LogP contribution in [0.1, 0.15) is 31.2 Å². The third-order valence-electron chi connectivity index (χ3n) is 5.08. The quantitative estimate of drug-likeness (QED) is 0.848. The van der Waals surface area contributed by atoms with E-state index in [1.807, 2.05) is 12.1 Å². The van der Waals surface area contributed by atoms with Gasteiger partial charge >= 0.3 is 0 Å². The zero-order valence-electron chi connectivity index (χ0n) is 13.6. The van der Waals surface area contributed by atoms with E-state index in [4.69, 9.17) is 9.47 Å². The van der Waals surface area contributed by atoms with Crippen LogP contribution in [0, 0.1) is 5.41 Å². The van der Waals surface area contributed by atoms with E-state index < -0.39 is 0 Å². The Morgan fingerprint density at radius 2 is 1.95 bits per heavy atom. The van der Waals surface area contributed by atoms with E-state index in [0.717, 1.165) is 25.5 Å². The van der Waals surface area contributed by atoms with E-state index in [0.29, 0.717) is 5.41 Å². The lowest BCUT2D eigenvalue weighted by Gasteiger charge is -2.45. The Balaban J connectivity index is 1.52. The molecular formula is C19H27NO2. The number of piperidine rings is 1. The molecule has 0 radical (unpaired) electrons. The SMILES string of the molecule is COc1ccc(C=CCN2CCCC3(CCOCC3)C2)cc1. The van der Waals surface area contributed by atoms with Gasteiger partial charge in [0.25, 0.3) is 0 Å². The van der Waals surface area contributed by atoms with Gasteiger partial charge in [0.2, 0.25) is 0 Å². The molecule has 2 heterocycles. The Labute approximate surface area is 133 Å². The van der Waals surface area contributed by atoms with E-state index in [-0.39, 0.29) is 0 Å². The third kappa shape index (κ3) is 3.90. The Hall–Kier alpha value is -1.32. The van der Waals surface area contributed by atoms with Crippen LogP contribution >= 0.6 is 0 Å². The molecule has 1 aromatic carbocycles. The number of benzene rings is 1. The second kappa shape index (κ2) is 7.30. The maximum atomic E-state index is 5.55. The fraction of sp³-hybridized carbons (Fsp3) is 0.579. The fourth-order valence-electron chi connectivity index (χ4n) is 3.73. The molecule has 0 aromatic heterocycles. The standard InChI is InChI=1S/C19H27NO2/c1-21-18-7-5-17(6-8-18)4-2-12-20-13-3-9-19(16-20)10-14-22-15-11-19/h2,4-8H,3,9-16H2,1H3. The topological polar surface area (TPSA) is 21.7 Å². The highest BCUT2D eigenvalue weighted by molar-refractivity contribution is 5.50. The number of likely N-dealkylation sites (tertiary alicyclic amines) is 1. The van der Waals surface area contributed by atoms with Crippen LogP contribution in [0.2, 0.25) is 0 Å². The summed E-state index contributed by atoms with van der Waals surface area (Å²) in [6.45, 7) is 5.43. The van der Waals surface area contributed by atoms with Gasteiger partial charge in [-0.15, -0.1) is 0 Å². The largest absolute Gasteiger partial charge is 0.497 e. The molecule has 3 heteroatoms. The first-order valence-corrected chi connectivity index (χ1v) is 8.40. The smallest absolute Gasteiger partial charge is 0.118 e. The van der Waals surface area contributed by atoms with Gasteiger partial charge in [0.15, 0.2) is 0 Å². The van der Waals surface area contributed by atoms with Crippen molar-refractivity contribution in [3.63, 3.8) is 0 Å². The lowest BCUT2D eigenvalue weighted by atomic mass is 9.74. The van der Waals surface area contributed by atoms with Crippen LogP contribution in [-0.2, 0) is 4.74 Å². The number of ether oxygens (including phenoxy) is 2. The average Bonchev–Trinajstić information content (AvgIpc) is 2.56. The van der Waals surface area contributed by atoms with Gasteiger partial charge in [0.1, 0.15) is 5.75 Å². The minimum atomic E-state index is 0.532. The molecule has 3 nitrogen and oxygen atoms in total. The zero-order valence-corrected chi connectivity index (χ0v) is 13.6. The summed E-state index contributed by atoms with van der Waals surface area (Å²) < 4.78 is 10.7. The number of nitrogens with zero attached hydrogens (tertiary/aromatic N) is 1. The third-order valence-corrected chi connectivity index (χ3v) is 5.08. The van der Waals surface area contributed by atoms with Crippen molar-refractivity contribution in [1.82, 2.24) is 4.90 Å². The van der Waals surface area contributed by atoms with Crippen LogP contribution in [0.5, 0.6) is 5.75 Å². The molecule has 1 spiro atoms. The molecular weight excluding hydrogens is 274 g/mol. The molecule has 2 fully saturated rings. The summed E-state index contributed by atoms with van der Waals surface area (Å²) in [6, 6.07) is 8.23. The summed E-state index contributed by atoms with van der Waals surface area (Å²) in [4.78, 5) is 2.61. The van der Waals surface area contributed by atoms with Crippen molar-refractivity contribution >= 4 is 6.08 Å². The minimum Gasteiger partial charge on any atom is -0.497 e. The second-order valence-corrected chi connectivity index (χ2v) is 6.63. The molecule has 22 heavy (non-hydrogen) atoms. The van der Waals surface area contributed by atoms with Gasteiger partial charge in [-0.05, 0) is 55.3 Å². The van der Waals surface area contributed by atoms with Crippen LogP contribution in [0.4, 0.5) is 0 Å². The Kier molecular flexibility index (Phi) is 5.16. The van der Waals surface area contributed by atoms with Gasteiger partial charge in [-0.25, -0.2) is 0 Å². The van der Waals surface area contributed by atoms with Gasteiger partial charge in [0.05, 0.1) is 7.11 Å². The molecule has 2 aliphatic rings. The molecule has 0 aliphatic carbocycles. The molecule has 1 aromatic rings. The van der Waals surface area contributed by atoms with Crippen molar-refractivity contribution in [3.8, 4) is 5.75 Å². The summed E-state index contributed by atoms with van der Waals surface area (Å²) >= 11 is 0. The molecule has 0 amide bonds. The first kappa shape index (κ1) is 15.6. The first-order valence-electron chi connectivity index (χ1n) is 8.40. The highest BCUT2D eigenvalue weighted by Crippen LogP contribution is 2.38. The first-order chi connectivity index (χ1) is 10.8. The van der Waals surface area contributed by atoms with E-state index >= 15 is 0 Å². The van der Waals surface area contributed by atoms with Crippen LogP contribution in [0.25, 0.3) is 6.08 Å². The highest BCUT2D eigenvalue weighted by atomic mass is 16.5. The predicted octanol–water partition coefficient (Wildman–Crippen LogP) is 3.60. The monoisotopic (exact) mass is 301 g/mol. The van der Waals surface area contributed by atoms with E-state index in [1.54, 1.807) is 7.11 Å². The lowest BCUT2D eigenvalue weighted by molar-refractivity contribution is -0.0247. The number of rotatable bonds is 4. The summed E-state index contributed by atoms with van der Waals surface area (Å²) in [5, 5.41) is 0. The maximum absolute atomic E-state index is 5.55. The van der Waals surface area contributed by atoms with Crippen molar-refractivity contribution in [2.24, 2.45) is 5.41 Å². The molecule has 2 aliphatic heterocycles. The normalized spacial score (nSPS) is 22.2. The van der Waals surface area contributed by atoms with Gasteiger partial charge in [0, 0.05) is 26.3 Å². The molecule has 2 saturated heterocycles. The van der Waals surface area contributed by atoms with Crippen LogP contribution in [-0.4, -0.2) is 44.9 Å². The molecule has 0 atom stereocenters. The fourth-order valence-corrected chi connectivity index (χ4v) is 3.73. The molecule has 3 rings (SSSR count). The molecule has 0 saturated carbocycles. The van der Waals surface area contributed by atoms with Crippen LogP contribution < -0.4 is 4.74 Å². The lowest BCUT2D eigenvalue weighted by Crippen LogP contribution is -2.46. The van der Waals surface area contributed by atoms with Gasteiger partial charge in [-0.3, -0.25) is 4.90 Å². The predicted molar refractivity (Wildman–Crippen MR) is 90.2 cm³/mol. The van der Waals surface area contributed by atoms with Crippen LogP contribution in [0.15, 0.2) is 30.3 Å². The minimum absolute atomic E-state index is 0.532. The van der Waals surface area contributed by atoms with E-state index in [9.17, 15) is 0 Å². The van der Waals surface area contributed by atoms with E-state index in [1.165, 1.54) is 44.3 Å². The molecule has 0 unspecified atom stereocenters. The summed E-state index contributed by atoms with van der Waals surface area (Å²) in [7, 11) is 1.70. The number of methoxy groups -OCH3 is 1. The van der Waals surface area contributed by atoms with Gasteiger partial charge in [-0.2, -0.15) is 0 Å². The van der Waals surface area contributed by atoms with Crippen molar-refractivity contribution in [1.29, 1.82) is 0 Å².